The molecule has 2 saturated heterocycles. The van der Waals surface area contributed by atoms with E-state index in [1.807, 2.05) is 17.0 Å². The van der Waals surface area contributed by atoms with Crippen molar-refractivity contribution in [1.29, 1.82) is 0 Å². The van der Waals surface area contributed by atoms with E-state index >= 15 is 0 Å². The summed E-state index contributed by atoms with van der Waals surface area (Å²) < 4.78 is 5.73. The highest BCUT2D eigenvalue weighted by atomic mass is 16.5. The van der Waals surface area contributed by atoms with Gasteiger partial charge in [0.2, 0.25) is 5.91 Å². The molecular weight excluding hydrogens is 568 g/mol. The lowest BCUT2D eigenvalue weighted by Gasteiger charge is -2.39. The standard InChI is InChI=1S/C35H44N6O4/c1-24-8-3-4-11-30(24)39-18-20-40(21-19-39)31-23-32(45-2)26(34(43)36-15-7-17-41-16-6-12-33(41)42)22-29(31)38-35(44)28-10-5-9-27(37-28)25-13-14-25/h3-4,8,10-11,22-23,25H,5-7,9,12-21H2,1-2H3,(H,36,43)(H,38,44). The van der Waals surface area contributed by atoms with Crippen molar-refractivity contribution < 1.29 is 19.1 Å². The first-order chi connectivity index (χ1) is 21.9. The number of carbonyl (C=O) groups is 3. The van der Waals surface area contributed by atoms with Gasteiger partial charge in [-0.25, -0.2) is 0 Å². The van der Waals surface area contributed by atoms with Crippen LogP contribution in [0, 0.1) is 12.8 Å². The largest absolute Gasteiger partial charge is 0.496 e. The number of para-hydroxylation sites is 1. The second-order valence-electron chi connectivity index (χ2n) is 12.4. The number of rotatable bonds is 11. The molecule has 0 bridgehead atoms. The minimum atomic E-state index is -0.281. The molecule has 0 radical (unpaired) electrons. The molecule has 0 atom stereocenters. The number of methoxy groups -OCH3 is 1. The number of hydrogen-bond acceptors (Lipinski definition) is 7. The van der Waals surface area contributed by atoms with Crippen molar-refractivity contribution in [2.75, 3.05) is 68.0 Å². The monoisotopic (exact) mass is 612 g/mol. The van der Waals surface area contributed by atoms with Crippen LogP contribution in [0.2, 0.25) is 0 Å². The number of likely N-dealkylation sites (tertiary alicyclic amines) is 1. The molecule has 0 spiro atoms. The lowest BCUT2D eigenvalue weighted by Crippen LogP contribution is -2.47. The fraction of sp³-hybridized carbons (Fsp3) is 0.486. The molecule has 1 saturated carbocycles. The average molecular weight is 613 g/mol. The van der Waals surface area contributed by atoms with E-state index in [9.17, 15) is 14.4 Å². The maximum Gasteiger partial charge on any atom is 0.273 e. The molecule has 3 fully saturated rings. The van der Waals surface area contributed by atoms with Gasteiger partial charge < -0.3 is 30.1 Å². The Morgan fingerprint density at radius 2 is 1.73 bits per heavy atom. The highest BCUT2D eigenvalue weighted by Gasteiger charge is 2.30. The van der Waals surface area contributed by atoms with E-state index in [-0.39, 0.29) is 17.7 Å². The van der Waals surface area contributed by atoms with Gasteiger partial charge in [0.05, 0.1) is 24.0 Å². The van der Waals surface area contributed by atoms with Gasteiger partial charge >= 0.3 is 0 Å². The van der Waals surface area contributed by atoms with Crippen LogP contribution < -0.4 is 25.2 Å². The molecule has 0 unspecified atom stereocenters. The first-order valence-corrected chi connectivity index (χ1v) is 16.3. The van der Waals surface area contributed by atoms with Crippen molar-refractivity contribution in [2.45, 2.75) is 51.9 Å². The summed E-state index contributed by atoms with van der Waals surface area (Å²) in [5.74, 6) is 0.598. The van der Waals surface area contributed by atoms with Gasteiger partial charge in [-0.3, -0.25) is 19.4 Å². The number of aryl methyl sites for hydroxylation is 1. The Labute approximate surface area is 265 Å². The summed E-state index contributed by atoms with van der Waals surface area (Å²) in [4.78, 5) is 50.2. The van der Waals surface area contributed by atoms with Crippen LogP contribution in [-0.2, 0) is 9.59 Å². The number of benzene rings is 2. The number of anilines is 3. The Balaban J connectivity index is 1.21. The van der Waals surface area contributed by atoms with Gasteiger partial charge in [-0.2, -0.15) is 0 Å². The third-order valence-electron chi connectivity index (χ3n) is 9.23. The smallest absolute Gasteiger partial charge is 0.273 e. The van der Waals surface area contributed by atoms with Crippen molar-refractivity contribution in [3.63, 3.8) is 0 Å². The summed E-state index contributed by atoms with van der Waals surface area (Å²) in [7, 11) is 1.56. The molecule has 45 heavy (non-hydrogen) atoms. The number of aliphatic imine (C=N–C) groups is 1. The van der Waals surface area contributed by atoms with Crippen LogP contribution in [-0.4, -0.2) is 81.3 Å². The van der Waals surface area contributed by atoms with Gasteiger partial charge in [-0.05, 0) is 69.1 Å². The normalized spacial score (nSPS) is 18.4. The third-order valence-corrected chi connectivity index (χ3v) is 9.23. The molecule has 238 valence electrons. The van der Waals surface area contributed by atoms with Crippen molar-refractivity contribution in [3.8, 4) is 5.75 Å². The Kier molecular flexibility index (Phi) is 9.37. The second-order valence-corrected chi connectivity index (χ2v) is 12.4. The van der Waals surface area contributed by atoms with E-state index in [1.54, 1.807) is 13.2 Å². The summed E-state index contributed by atoms with van der Waals surface area (Å²) in [5, 5.41) is 6.10. The summed E-state index contributed by atoms with van der Waals surface area (Å²) in [6, 6.07) is 12.0. The Morgan fingerprint density at radius 3 is 2.42 bits per heavy atom. The molecule has 4 aliphatic rings. The molecule has 2 aromatic rings. The van der Waals surface area contributed by atoms with E-state index in [1.165, 1.54) is 11.3 Å². The Bertz CT molecular complexity index is 1510. The zero-order valence-corrected chi connectivity index (χ0v) is 26.4. The minimum absolute atomic E-state index is 0.181. The van der Waals surface area contributed by atoms with Crippen LogP contribution in [0.3, 0.4) is 0 Å². The number of amides is 3. The highest BCUT2D eigenvalue weighted by Crippen LogP contribution is 2.37. The predicted molar refractivity (Wildman–Crippen MR) is 177 cm³/mol. The van der Waals surface area contributed by atoms with Gasteiger partial charge in [-0.15, -0.1) is 0 Å². The number of hydrogen-bond donors (Lipinski definition) is 2. The molecule has 1 aliphatic carbocycles. The molecule has 2 N–H and O–H groups in total. The SMILES string of the molecule is COc1cc(N2CCN(c3ccccc3C)CC2)c(NC(=O)C2=CCCC(C3CC3)=N2)cc1C(=O)NCCCN1CCCC1=O. The molecule has 0 aromatic heterocycles. The first-order valence-electron chi connectivity index (χ1n) is 16.3. The summed E-state index contributed by atoms with van der Waals surface area (Å²) in [6.45, 7) is 7.11. The minimum Gasteiger partial charge on any atom is -0.496 e. The molecule has 3 aliphatic heterocycles. The average Bonchev–Trinajstić information content (AvgIpc) is 3.84. The zero-order chi connectivity index (χ0) is 31.3. The van der Waals surface area contributed by atoms with Crippen LogP contribution in [0.1, 0.15) is 60.9 Å². The van der Waals surface area contributed by atoms with E-state index in [0.29, 0.717) is 54.5 Å². The van der Waals surface area contributed by atoms with Crippen LogP contribution in [0.5, 0.6) is 5.75 Å². The number of ether oxygens (including phenoxy) is 1. The maximum atomic E-state index is 13.6. The molecule has 2 aromatic carbocycles. The van der Waals surface area contributed by atoms with Crippen LogP contribution in [0.4, 0.5) is 17.1 Å². The van der Waals surface area contributed by atoms with Gasteiger partial charge in [0.15, 0.2) is 0 Å². The third kappa shape index (κ3) is 7.16. The fourth-order valence-corrected chi connectivity index (χ4v) is 6.55. The van der Waals surface area contributed by atoms with E-state index in [4.69, 9.17) is 9.73 Å². The predicted octanol–water partition coefficient (Wildman–Crippen LogP) is 4.54. The molecular formula is C35H44N6O4. The highest BCUT2D eigenvalue weighted by molar-refractivity contribution is 6.09. The van der Waals surface area contributed by atoms with Crippen molar-refractivity contribution >= 4 is 40.5 Å². The number of piperazine rings is 1. The van der Waals surface area contributed by atoms with E-state index in [2.05, 4.69) is 51.6 Å². The van der Waals surface area contributed by atoms with Crippen LogP contribution in [0.15, 0.2) is 53.2 Å². The lowest BCUT2D eigenvalue weighted by atomic mass is 10.1. The van der Waals surface area contributed by atoms with Crippen molar-refractivity contribution in [1.82, 2.24) is 10.2 Å². The Hall–Kier alpha value is -4.34. The molecule has 6 rings (SSSR count). The number of allylic oxidation sites excluding steroid dienone is 1. The molecule has 10 nitrogen and oxygen atoms in total. The quantitative estimate of drug-likeness (QED) is 0.361. The van der Waals surface area contributed by atoms with Crippen molar-refractivity contribution in [2.24, 2.45) is 10.9 Å². The first kappa shape index (κ1) is 30.7. The van der Waals surface area contributed by atoms with Crippen LogP contribution >= 0.6 is 0 Å². The van der Waals surface area contributed by atoms with Gasteiger partial charge in [-0.1, -0.05) is 24.3 Å². The molecule has 3 heterocycles. The summed E-state index contributed by atoms with van der Waals surface area (Å²) in [5.41, 5.74) is 5.78. The van der Waals surface area contributed by atoms with E-state index in [0.717, 1.165) is 76.2 Å². The van der Waals surface area contributed by atoms with Gasteiger partial charge in [0.25, 0.3) is 11.8 Å². The van der Waals surface area contributed by atoms with Gasteiger partial charge in [0.1, 0.15) is 11.4 Å². The van der Waals surface area contributed by atoms with Gasteiger partial charge in [0, 0.05) is 69.7 Å². The Morgan fingerprint density at radius 1 is 0.978 bits per heavy atom. The van der Waals surface area contributed by atoms with E-state index < -0.39 is 0 Å². The topological polar surface area (TPSA) is 107 Å². The van der Waals surface area contributed by atoms with Crippen LogP contribution in [0.25, 0.3) is 0 Å². The maximum absolute atomic E-state index is 13.6. The number of nitrogens with zero attached hydrogens (tertiary/aromatic N) is 4. The lowest BCUT2D eigenvalue weighted by molar-refractivity contribution is -0.127. The molecule has 10 heteroatoms. The number of nitrogens with one attached hydrogen (secondary N) is 2. The number of carbonyl (C=O) groups excluding carboxylic acids is 3. The van der Waals surface area contributed by atoms with Crippen molar-refractivity contribution in [3.05, 3.63) is 59.3 Å². The summed E-state index contributed by atoms with van der Waals surface area (Å²) in [6.07, 6.45) is 8.10. The second kappa shape index (κ2) is 13.7. The molecule has 3 amide bonds. The fourth-order valence-electron chi connectivity index (χ4n) is 6.55. The zero-order valence-electron chi connectivity index (χ0n) is 26.4. The summed E-state index contributed by atoms with van der Waals surface area (Å²) >= 11 is 0.